The molecule has 234 valence electrons. The second kappa shape index (κ2) is 11.6. The van der Waals surface area contributed by atoms with Crippen LogP contribution >= 0.6 is 11.3 Å². The van der Waals surface area contributed by atoms with Crippen LogP contribution in [0.2, 0.25) is 0 Å². The van der Waals surface area contributed by atoms with E-state index < -0.39 is 11.4 Å². The van der Waals surface area contributed by atoms with Crippen molar-refractivity contribution in [3.63, 3.8) is 0 Å². The van der Waals surface area contributed by atoms with Crippen LogP contribution in [0.3, 0.4) is 0 Å². The lowest BCUT2D eigenvalue weighted by atomic mass is 10.2. The van der Waals surface area contributed by atoms with E-state index in [0.717, 1.165) is 58.7 Å². The predicted octanol–water partition coefficient (Wildman–Crippen LogP) is 6.77. The molecule has 1 aliphatic carbocycles. The van der Waals surface area contributed by atoms with Crippen LogP contribution in [-0.2, 0) is 11.3 Å². The maximum absolute atomic E-state index is 14.9. The Morgan fingerprint density at radius 2 is 1.89 bits per heavy atom. The maximum atomic E-state index is 14.9. The lowest BCUT2D eigenvalue weighted by Crippen LogP contribution is -2.49. The summed E-state index contributed by atoms with van der Waals surface area (Å²) in [6.07, 6.45) is 6.22. The van der Waals surface area contributed by atoms with Crippen molar-refractivity contribution >= 4 is 39.4 Å². The minimum Gasteiger partial charge on any atom is -0.453 e. The summed E-state index contributed by atoms with van der Waals surface area (Å²) >= 11 is 1.48. The van der Waals surface area contributed by atoms with Gasteiger partial charge >= 0.3 is 12.1 Å². The van der Waals surface area contributed by atoms with Crippen molar-refractivity contribution in [3.8, 4) is 22.1 Å². The monoisotopic (exact) mass is 630 g/mol. The van der Waals surface area contributed by atoms with Gasteiger partial charge in [0, 0.05) is 68.0 Å². The topological polar surface area (TPSA) is 109 Å². The zero-order valence-electron chi connectivity index (χ0n) is 25.4. The van der Waals surface area contributed by atoms with Crippen molar-refractivity contribution in [1.29, 1.82) is 0 Å². The minimum absolute atomic E-state index is 0.0536. The van der Waals surface area contributed by atoms with Crippen molar-refractivity contribution in [2.24, 2.45) is 0 Å². The molecule has 1 aromatic carbocycles. The van der Waals surface area contributed by atoms with Gasteiger partial charge in [-0.05, 0) is 69.9 Å². The van der Waals surface area contributed by atoms with Crippen molar-refractivity contribution in [1.82, 2.24) is 25.1 Å². The van der Waals surface area contributed by atoms with E-state index in [-0.39, 0.29) is 30.0 Å². The normalized spacial score (nSPS) is 19.6. The number of piperazine rings is 1. The molecule has 3 aromatic heterocycles. The van der Waals surface area contributed by atoms with Crippen molar-refractivity contribution in [3.05, 3.63) is 66.2 Å². The van der Waals surface area contributed by atoms with E-state index in [4.69, 9.17) is 14.5 Å². The van der Waals surface area contributed by atoms with Gasteiger partial charge in [0.15, 0.2) is 11.6 Å². The first-order valence-corrected chi connectivity index (χ1v) is 16.0. The highest BCUT2D eigenvalue weighted by atomic mass is 32.1. The fraction of sp³-hybridized carbons (Fsp3) is 0.394. The van der Waals surface area contributed by atoms with Gasteiger partial charge in [-0.3, -0.25) is 14.9 Å². The summed E-state index contributed by atoms with van der Waals surface area (Å²) in [4.78, 5) is 39.0. The average molecular weight is 631 g/mol. The molecule has 0 spiro atoms. The number of likely N-dealkylation sites (tertiary alicyclic amines) is 2. The number of nitrogens with one attached hydrogen (secondary N) is 2. The summed E-state index contributed by atoms with van der Waals surface area (Å²) < 4.78 is 27.3. The molecule has 4 aromatic rings. The third-order valence-corrected chi connectivity index (χ3v) is 9.30. The van der Waals surface area contributed by atoms with E-state index in [1.165, 1.54) is 23.5 Å². The van der Waals surface area contributed by atoms with Gasteiger partial charge in [-0.25, -0.2) is 14.0 Å². The van der Waals surface area contributed by atoms with E-state index in [1.807, 2.05) is 44.0 Å². The lowest BCUT2D eigenvalue weighted by Gasteiger charge is -2.35. The Kier molecular flexibility index (Phi) is 7.57. The van der Waals surface area contributed by atoms with Crippen LogP contribution in [-0.4, -0.2) is 68.7 Å². The first-order valence-electron chi connectivity index (χ1n) is 15.2. The number of halogens is 1. The van der Waals surface area contributed by atoms with E-state index in [1.54, 1.807) is 18.3 Å². The number of amides is 3. The molecule has 2 N–H and O–H groups in total. The van der Waals surface area contributed by atoms with Crippen LogP contribution in [0.25, 0.3) is 20.8 Å². The smallest absolute Gasteiger partial charge is 0.410 e. The Labute approximate surface area is 264 Å². The van der Waals surface area contributed by atoms with Gasteiger partial charge in [-0.15, -0.1) is 11.3 Å². The van der Waals surface area contributed by atoms with Crippen LogP contribution in [0.4, 0.5) is 19.7 Å². The molecule has 2 atom stereocenters. The first-order chi connectivity index (χ1) is 21.6. The third kappa shape index (κ3) is 6.57. The highest BCUT2D eigenvalue weighted by Gasteiger charge is 2.46. The number of hydrogen-bond donors (Lipinski definition) is 2. The van der Waals surface area contributed by atoms with Crippen molar-refractivity contribution in [2.45, 2.75) is 70.3 Å². The predicted molar refractivity (Wildman–Crippen MR) is 170 cm³/mol. The van der Waals surface area contributed by atoms with E-state index in [0.29, 0.717) is 24.0 Å². The molecule has 0 radical (unpaired) electrons. The highest BCUT2D eigenvalue weighted by molar-refractivity contribution is 7.22. The van der Waals surface area contributed by atoms with Gasteiger partial charge in [0.2, 0.25) is 0 Å². The average Bonchev–Trinajstić information content (AvgIpc) is 3.35. The molecule has 3 amide bonds. The molecule has 45 heavy (non-hydrogen) atoms. The second-order valence-electron chi connectivity index (χ2n) is 12.9. The summed E-state index contributed by atoms with van der Waals surface area (Å²) in [6.45, 7) is 7.96. The summed E-state index contributed by atoms with van der Waals surface area (Å²) in [5.41, 5.74) is 2.51. The number of thiophene rings is 1. The summed E-state index contributed by atoms with van der Waals surface area (Å²) in [6, 6.07) is 12.5. The Hall–Kier alpha value is -4.29. The Balaban J connectivity index is 0.995. The Morgan fingerprint density at radius 3 is 2.58 bits per heavy atom. The van der Waals surface area contributed by atoms with E-state index >= 15 is 0 Å². The number of carbonyl (C=O) groups is 2. The Bertz CT molecular complexity index is 1750. The first kappa shape index (κ1) is 29.4. The number of anilines is 1. The quantitative estimate of drug-likeness (QED) is 0.232. The summed E-state index contributed by atoms with van der Waals surface area (Å²) in [5.74, 6) is -0.0385. The van der Waals surface area contributed by atoms with Gasteiger partial charge in [0.1, 0.15) is 11.4 Å². The zero-order chi connectivity index (χ0) is 31.3. The molecule has 3 aliphatic rings. The SMILES string of the molecule is CC(C)(C)OC(=O)N1C[C@@H]2C[C@H]1CN2Cc1ccc(-c2cc3nccc(Oc4ccc(NC(=O)NC5CC5)cc4F)c3s2)nc1. The number of carbonyl (C=O) groups excluding carboxylic acids is 2. The molecule has 7 rings (SSSR count). The number of rotatable bonds is 7. The minimum atomic E-state index is -0.581. The molecule has 1 saturated carbocycles. The molecular weight excluding hydrogens is 595 g/mol. The number of urea groups is 1. The number of hydrogen-bond acceptors (Lipinski definition) is 8. The van der Waals surface area contributed by atoms with Crippen LogP contribution in [0.1, 0.15) is 45.6 Å². The lowest BCUT2D eigenvalue weighted by molar-refractivity contribution is 0.0124. The molecule has 2 aliphatic heterocycles. The van der Waals surface area contributed by atoms with Gasteiger partial charge in [0.05, 0.1) is 20.8 Å². The largest absolute Gasteiger partial charge is 0.453 e. The molecule has 2 bridgehead atoms. The van der Waals surface area contributed by atoms with Gasteiger partial charge in [-0.1, -0.05) is 6.07 Å². The van der Waals surface area contributed by atoms with E-state index in [9.17, 15) is 14.0 Å². The van der Waals surface area contributed by atoms with Gasteiger partial charge < -0.3 is 25.0 Å². The molecule has 2 saturated heterocycles. The number of ether oxygens (including phenoxy) is 2. The Morgan fingerprint density at radius 1 is 1.04 bits per heavy atom. The number of benzene rings is 1. The second-order valence-corrected chi connectivity index (χ2v) is 14.0. The van der Waals surface area contributed by atoms with Crippen LogP contribution in [0, 0.1) is 5.82 Å². The highest BCUT2D eigenvalue weighted by Crippen LogP contribution is 2.40. The molecule has 12 heteroatoms. The molecule has 3 fully saturated rings. The standard InChI is InChI=1S/C33H35FN6O4S/c1-33(2,3)44-32(42)40-18-22-13-23(40)17-39(22)16-19-4-8-25(36-15-19)29-14-26-30(45-29)28(10-11-35-26)43-27-9-7-21(12-24(27)34)38-31(41)37-20-5-6-20/h4,7-12,14-15,20,22-23H,5-6,13,16-18H2,1-3H3,(H2,37,38,41)/t22-,23-/m0/s1. The molecule has 0 unspecified atom stereocenters. The van der Waals surface area contributed by atoms with Gasteiger partial charge in [-0.2, -0.15) is 0 Å². The fourth-order valence-electron chi connectivity index (χ4n) is 5.87. The van der Waals surface area contributed by atoms with Crippen LogP contribution in [0.5, 0.6) is 11.5 Å². The molecule has 5 heterocycles. The van der Waals surface area contributed by atoms with Crippen molar-refractivity contribution in [2.75, 3.05) is 18.4 Å². The van der Waals surface area contributed by atoms with Crippen LogP contribution in [0.15, 0.2) is 54.9 Å². The number of pyridine rings is 2. The number of nitrogens with zero attached hydrogens (tertiary/aromatic N) is 4. The maximum Gasteiger partial charge on any atom is 0.410 e. The summed E-state index contributed by atoms with van der Waals surface area (Å²) in [7, 11) is 0. The van der Waals surface area contributed by atoms with Gasteiger partial charge in [0.25, 0.3) is 0 Å². The van der Waals surface area contributed by atoms with Crippen molar-refractivity contribution < 1.29 is 23.5 Å². The fourth-order valence-corrected chi connectivity index (χ4v) is 6.91. The zero-order valence-corrected chi connectivity index (χ0v) is 26.2. The molecular formula is C33H35FN6O4S. The van der Waals surface area contributed by atoms with Crippen LogP contribution < -0.4 is 15.4 Å². The number of fused-ring (bicyclic) bond motifs is 3. The molecule has 10 nitrogen and oxygen atoms in total. The summed E-state index contributed by atoms with van der Waals surface area (Å²) in [5, 5.41) is 5.47. The third-order valence-electron chi connectivity index (χ3n) is 8.14. The van der Waals surface area contributed by atoms with E-state index in [2.05, 4.69) is 26.6 Å². The number of aromatic nitrogens is 2.